The fraction of sp³-hybridized carbons (Fsp3) is 0.455. The van der Waals surface area contributed by atoms with Crippen LogP contribution in [0.4, 0.5) is 0 Å². The molecule has 0 bridgehead atoms. The average Bonchev–Trinajstić information content (AvgIpc) is 3.47. The summed E-state index contributed by atoms with van der Waals surface area (Å²) >= 11 is 0. The Hall–Kier alpha value is -4.56. The highest BCUT2D eigenvalue weighted by Crippen LogP contribution is 2.51. The van der Waals surface area contributed by atoms with Crippen molar-refractivity contribution in [2.75, 3.05) is 35.5 Å². The SMILES string of the molecule is COc1cc(C(C)C(C)Oc2ccc(C3OC(c4ccc(OC(C)[C@@H](C)c5ccc(OC)c(OC)c5)c(OC)c4)C(C)C3C)cc2OC)ccc1C. The highest BCUT2D eigenvalue weighted by atomic mass is 16.5. The van der Waals surface area contributed by atoms with Crippen molar-refractivity contribution in [2.45, 2.75) is 84.7 Å². The molecule has 1 fully saturated rings. The summed E-state index contributed by atoms with van der Waals surface area (Å²) in [5, 5.41) is 0. The van der Waals surface area contributed by atoms with Crippen LogP contribution in [0.2, 0.25) is 0 Å². The number of aryl methyl sites for hydroxylation is 1. The molecule has 0 saturated carbocycles. The Morgan fingerprint density at radius 2 is 0.846 bits per heavy atom. The van der Waals surface area contributed by atoms with Gasteiger partial charge in [-0.3, -0.25) is 0 Å². The van der Waals surface area contributed by atoms with Gasteiger partial charge in [-0.15, -0.1) is 0 Å². The molecule has 8 nitrogen and oxygen atoms in total. The highest BCUT2D eigenvalue weighted by molar-refractivity contribution is 5.47. The summed E-state index contributed by atoms with van der Waals surface area (Å²) in [5.74, 6) is 5.75. The van der Waals surface area contributed by atoms with Crippen molar-refractivity contribution in [3.8, 4) is 40.2 Å². The molecule has 0 radical (unpaired) electrons. The number of benzene rings is 4. The van der Waals surface area contributed by atoms with Crippen LogP contribution in [0.15, 0.2) is 72.8 Å². The van der Waals surface area contributed by atoms with E-state index in [-0.39, 0.29) is 48.1 Å². The molecule has 0 aromatic heterocycles. The zero-order valence-electron chi connectivity index (χ0n) is 32.8. The zero-order chi connectivity index (χ0) is 37.7. The number of hydrogen-bond donors (Lipinski definition) is 0. The second-order valence-corrected chi connectivity index (χ2v) is 14.1. The van der Waals surface area contributed by atoms with Crippen molar-refractivity contribution in [3.05, 3.63) is 101 Å². The smallest absolute Gasteiger partial charge is 0.161 e. The molecule has 52 heavy (non-hydrogen) atoms. The molecule has 5 rings (SSSR count). The number of hydrogen-bond acceptors (Lipinski definition) is 8. The van der Waals surface area contributed by atoms with E-state index in [1.54, 1.807) is 35.5 Å². The van der Waals surface area contributed by atoms with Crippen LogP contribution in [-0.2, 0) is 4.74 Å². The number of rotatable bonds is 15. The Morgan fingerprint density at radius 1 is 0.462 bits per heavy atom. The van der Waals surface area contributed by atoms with Crippen LogP contribution in [0.5, 0.6) is 40.2 Å². The molecule has 0 N–H and O–H groups in total. The Kier molecular flexibility index (Phi) is 12.5. The Labute approximate surface area is 310 Å². The van der Waals surface area contributed by atoms with Gasteiger partial charge >= 0.3 is 0 Å². The van der Waals surface area contributed by atoms with E-state index in [9.17, 15) is 0 Å². The molecule has 0 spiro atoms. The standard InChI is InChI=1S/C44H56O8/c1-25-13-14-32(21-39(25)46-9)28(4)30(6)50-37-19-16-34(23-41(37)48-11)43-26(2)27(3)44(52-43)35-17-20-38(42(24-35)49-12)51-31(7)29(5)33-15-18-36(45-8)40(22-33)47-10/h13-24,26-31,43-44H,1-12H3/t26?,27?,28?,29-,30?,31?,43?,44?/m1/s1. The van der Waals surface area contributed by atoms with Gasteiger partial charge in [0.15, 0.2) is 34.5 Å². The van der Waals surface area contributed by atoms with E-state index in [2.05, 4.69) is 77.9 Å². The Bertz CT molecular complexity index is 1800. The van der Waals surface area contributed by atoms with Crippen LogP contribution in [0, 0.1) is 18.8 Å². The predicted molar refractivity (Wildman–Crippen MR) is 205 cm³/mol. The molecule has 1 heterocycles. The Balaban J connectivity index is 1.29. The van der Waals surface area contributed by atoms with Gasteiger partial charge in [-0.1, -0.05) is 58.0 Å². The summed E-state index contributed by atoms with van der Waals surface area (Å²) in [6.45, 7) is 15.0. The second kappa shape index (κ2) is 16.8. The molecule has 280 valence electrons. The van der Waals surface area contributed by atoms with Crippen molar-refractivity contribution in [2.24, 2.45) is 11.8 Å². The fourth-order valence-electron chi connectivity index (χ4n) is 7.04. The Morgan fingerprint density at radius 3 is 1.29 bits per heavy atom. The first-order valence-electron chi connectivity index (χ1n) is 18.2. The highest BCUT2D eigenvalue weighted by Gasteiger charge is 2.41. The maximum Gasteiger partial charge on any atom is 0.161 e. The summed E-state index contributed by atoms with van der Waals surface area (Å²) in [6.07, 6.45) is -0.482. The molecule has 4 aromatic carbocycles. The quantitative estimate of drug-likeness (QED) is 0.121. The lowest BCUT2D eigenvalue weighted by Crippen LogP contribution is -2.20. The summed E-state index contributed by atoms with van der Waals surface area (Å²) in [7, 11) is 8.34. The van der Waals surface area contributed by atoms with E-state index in [1.807, 2.05) is 43.3 Å². The summed E-state index contributed by atoms with van der Waals surface area (Å²) in [4.78, 5) is 0. The molecule has 4 aromatic rings. The molecular formula is C44H56O8. The van der Waals surface area contributed by atoms with Crippen molar-refractivity contribution >= 4 is 0 Å². The third kappa shape index (κ3) is 8.07. The molecule has 1 aliphatic rings. The fourth-order valence-corrected chi connectivity index (χ4v) is 7.04. The third-order valence-electron chi connectivity index (χ3n) is 11.0. The molecular weight excluding hydrogens is 656 g/mol. The van der Waals surface area contributed by atoms with Crippen molar-refractivity contribution < 1.29 is 37.9 Å². The van der Waals surface area contributed by atoms with Crippen LogP contribution < -0.4 is 33.2 Å². The average molecular weight is 713 g/mol. The van der Waals surface area contributed by atoms with Crippen LogP contribution in [0.3, 0.4) is 0 Å². The van der Waals surface area contributed by atoms with Gasteiger partial charge in [-0.2, -0.15) is 0 Å². The van der Waals surface area contributed by atoms with Crippen LogP contribution in [0.1, 0.15) is 93.4 Å². The van der Waals surface area contributed by atoms with E-state index in [0.29, 0.717) is 34.5 Å². The third-order valence-corrected chi connectivity index (χ3v) is 11.0. The monoisotopic (exact) mass is 712 g/mol. The molecule has 8 atom stereocenters. The number of ether oxygens (including phenoxy) is 8. The molecule has 1 aliphatic heterocycles. The van der Waals surface area contributed by atoms with E-state index in [4.69, 9.17) is 37.9 Å². The van der Waals surface area contributed by atoms with Crippen LogP contribution in [0.25, 0.3) is 0 Å². The number of methoxy groups -OCH3 is 5. The normalized spacial score (nSPS) is 20.7. The van der Waals surface area contributed by atoms with Gasteiger partial charge in [-0.25, -0.2) is 0 Å². The summed E-state index contributed by atoms with van der Waals surface area (Å²) in [5.41, 5.74) is 5.47. The molecule has 1 saturated heterocycles. The van der Waals surface area contributed by atoms with E-state index in [1.165, 1.54) is 0 Å². The van der Waals surface area contributed by atoms with Gasteiger partial charge < -0.3 is 37.9 Å². The van der Waals surface area contributed by atoms with Crippen LogP contribution >= 0.6 is 0 Å². The first-order chi connectivity index (χ1) is 24.9. The lowest BCUT2D eigenvalue weighted by molar-refractivity contribution is 0.0287. The van der Waals surface area contributed by atoms with Gasteiger partial charge in [-0.05, 0) is 103 Å². The minimum Gasteiger partial charge on any atom is -0.496 e. The lowest BCUT2D eigenvalue weighted by atomic mass is 9.85. The summed E-state index contributed by atoms with van der Waals surface area (Å²) in [6, 6.07) is 24.6. The first-order valence-corrected chi connectivity index (χ1v) is 18.2. The minimum absolute atomic E-state index is 0.0849. The van der Waals surface area contributed by atoms with Gasteiger partial charge in [0.25, 0.3) is 0 Å². The van der Waals surface area contributed by atoms with E-state index in [0.717, 1.165) is 33.6 Å². The van der Waals surface area contributed by atoms with Gasteiger partial charge in [0.05, 0.1) is 47.8 Å². The largest absolute Gasteiger partial charge is 0.496 e. The van der Waals surface area contributed by atoms with Crippen molar-refractivity contribution in [3.63, 3.8) is 0 Å². The minimum atomic E-state index is -0.136. The molecule has 7 unspecified atom stereocenters. The summed E-state index contributed by atoms with van der Waals surface area (Å²) < 4.78 is 48.0. The van der Waals surface area contributed by atoms with Gasteiger partial charge in [0.2, 0.25) is 0 Å². The second-order valence-electron chi connectivity index (χ2n) is 14.1. The molecule has 0 amide bonds. The lowest BCUT2D eigenvalue weighted by Gasteiger charge is -2.25. The zero-order valence-corrected chi connectivity index (χ0v) is 32.8. The maximum atomic E-state index is 6.84. The van der Waals surface area contributed by atoms with Crippen molar-refractivity contribution in [1.29, 1.82) is 0 Å². The predicted octanol–water partition coefficient (Wildman–Crippen LogP) is 10.3. The van der Waals surface area contributed by atoms with Gasteiger partial charge in [0, 0.05) is 11.8 Å². The molecule has 8 heteroatoms. The van der Waals surface area contributed by atoms with E-state index >= 15 is 0 Å². The van der Waals surface area contributed by atoms with Crippen molar-refractivity contribution in [1.82, 2.24) is 0 Å². The topological polar surface area (TPSA) is 73.8 Å². The molecule has 0 aliphatic carbocycles. The van der Waals surface area contributed by atoms with Crippen LogP contribution in [-0.4, -0.2) is 47.8 Å². The maximum absolute atomic E-state index is 6.84. The van der Waals surface area contributed by atoms with Gasteiger partial charge in [0.1, 0.15) is 18.0 Å². The van der Waals surface area contributed by atoms with E-state index < -0.39 is 0 Å². The first kappa shape index (κ1) is 38.7.